The Morgan fingerprint density at radius 3 is 2.17 bits per heavy atom. The van der Waals surface area contributed by atoms with E-state index in [-0.39, 0.29) is 18.0 Å². The first kappa shape index (κ1) is 25.8. The van der Waals surface area contributed by atoms with Crippen molar-refractivity contribution in [3.63, 3.8) is 0 Å². The van der Waals surface area contributed by atoms with Gasteiger partial charge < -0.3 is 19.9 Å². The first-order valence-electron chi connectivity index (χ1n) is 10.8. The summed E-state index contributed by atoms with van der Waals surface area (Å²) in [5, 5.41) is 16.7. The lowest BCUT2D eigenvalue weighted by Crippen LogP contribution is -2.44. The van der Waals surface area contributed by atoms with E-state index in [0.717, 1.165) is 0 Å². The Bertz CT molecular complexity index is 1210. The highest BCUT2D eigenvalue weighted by molar-refractivity contribution is 6.35. The molecule has 1 amide bonds. The predicted octanol–water partition coefficient (Wildman–Crippen LogP) is 4.01. The van der Waals surface area contributed by atoms with Crippen LogP contribution in [0.2, 0.25) is 5.02 Å². The minimum atomic E-state index is -1.61. The third kappa shape index (κ3) is 5.81. The molecule has 2 aromatic carbocycles. The number of aromatic nitrogens is 2. The number of carbonyl (C=O) groups excluding carboxylic acids is 2. The second-order valence-corrected chi connectivity index (χ2v) is 8.60. The number of nitrogens with zero attached hydrogens (tertiary/aromatic N) is 2. The zero-order chi connectivity index (χ0) is 25.7. The van der Waals surface area contributed by atoms with E-state index in [4.69, 9.17) is 21.1 Å². The first-order valence-corrected chi connectivity index (χ1v) is 11.2. The molecule has 1 atom stereocenters. The highest BCUT2D eigenvalue weighted by atomic mass is 35.5. The van der Waals surface area contributed by atoms with Crippen LogP contribution in [0.25, 0.3) is 16.9 Å². The van der Waals surface area contributed by atoms with Gasteiger partial charge in [0.05, 0.1) is 37.2 Å². The molecule has 3 rings (SSSR count). The van der Waals surface area contributed by atoms with Crippen molar-refractivity contribution in [2.45, 2.75) is 26.3 Å². The van der Waals surface area contributed by atoms with Crippen LogP contribution in [0.5, 0.6) is 11.5 Å². The molecule has 0 unspecified atom stereocenters. The molecule has 0 fully saturated rings. The zero-order valence-electron chi connectivity index (χ0n) is 19.7. The average Bonchev–Trinajstić information content (AvgIpc) is 3.27. The average molecular weight is 500 g/mol. The Balaban J connectivity index is 2.13. The highest BCUT2D eigenvalue weighted by Crippen LogP contribution is 2.39. The summed E-state index contributed by atoms with van der Waals surface area (Å²) in [6.07, 6.45) is 0.169. The highest BCUT2D eigenvalue weighted by Gasteiger charge is 2.29. The number of rotatable bonds is 10. The van der Waals surface area contributed by atoms with Crippen LogP contribution in [0, 0.1) is 5.92 Å². The Morgan fingerprint density at radius 1 is 1.06 bits per heavy atom. The van der Waals surface area contributed by atoms with Crippen LogP contribution in [0.1, 0.15) is 30.8 Å². The molecular weight excluding hydrogens is 474 g/mol. The first-order chi connectivity index (χ1) is 16.7. The quantitative estimate of drug-likeness (QED) is 0.404. The van der Waals surface area contributed by atoms with E-state index >= 15 is 0 Å². The van der Waals surface area contributed by atoms with Crippen LogP contribution in [0.4, 0.5) is 0 Å². The number of halogens is 1. The molecule has 0 radical (unpaired) electrons. The molecule has 0 aliphatic heterocycles. The van der Waals surface area contributed by atoms with Crippen LogP contribution >= 0.6 is 11.6 Å². The number of hydrogen-bond acceptors (Lipinski definition) is 6. The molecule has 0 aliphatic rings. The fourth-order valence-electron chi connectivity index (χ4n) is 3.64. The summed E-state index contributed by atoms with van der Waals surface area (Å²) in [6, 6.07) is 12.5. The number of hydrogen-bond donors (Lipinski definition) is 2. The monoisotopic (exact) mass is 499 g/mol. The van der Waals surface area contributed by atoms with Gasteiger partial charge in [-0.2, -0.15) is 5.10 Å². The number of carboxylic acids is 1. The number of Topliss-reactive ketones (excluding diaryl/α,β-unsaturated/α-hetero) is 1. The van der Waals surface area contributed by atoms with Gasteiger partial charge in [-0.05, 0) is 54.8 Å². The predicted molar refractivity (Wildman–Crippen MR) is 130 cm³/mol. The number of ether oxygens (including phenoxy) is 2. The van der Waals surface area contributed by atoms with Gasteiger partial charge in [0.1, 0.15) is 11.5 Å². The van der Waals surface area contributed by atoms with E-state index in [1.54, 1.807) is 42.5 Å². The van der Waals surface area contributed by atoms with E-state index in [1.165, 1.54) is 25.0 Å². The smallest absolute Gasteiger partial charge is 0.374 e. The van der Waals surface area contributed by atoms with Crippen molar-refractivity contribution in [3.8, 4) is 28.4 Å². The summed E-state index contributed by atoms with van der Waals surface area (Å²) in [5.74, 6) is -2.43. The summed E-state index contributed by atoms with van der Waals surface area (Å²) in [7, 11) is 3.03. The van der Waals surface area contributed by atoms with Crippen molar-refractivity contribution in [2.75, 3.05) is 14.2 Å². The Kier molecular flexibility index (Phi) is 8.14. The van der Waals surface area contributed by atoms with Crippen LogP contribution in [0.15, 0.2) is 48.5 Å². The fourth-order valence-corrected chi connectivity index (χ4v) is 3.76. The number of ketones is 1. The molecule has 10 heteroatoms. The summed E-state index contributed by atoms with van der Waals surface area (Å²) < 4.78 is 12.6. The summed E-state index contributed by atoms with van der Waals surface area (Å²) >= 11 is 6.05. The van der Waals surface area contributed by atoms with Gasteiger partial charge in [-0.25, -0.2) is 9.48 Å². The zero-order valence-corrected chi connectivity index (χ0v) is 20.5. The maximum Gasteiger partial charge on any atom is 0.374 e. The maximum absolute atomic E-state index is 13.1. The fraction of sp³-hybridized carbons (Fsp3) is 0.280. The van der Waals surface area contributed by atoms with Crippen molar-refractivity contribution in [1.29, 1.82) is 0 Å². The van der Waals surface area contributed by atoms with E-state index in [9.17, 15) is 19.5 Å². The van der Waals surface area contributed by atoms with E-state index in [2.05, 4.69) is 10.4 Å². The normalized spacial score (nSPS) is 11.7. The van der Waals surface area contributed by atoms with E-state index in [0.29, 0.717) is 33.5 Å². The minimum absolute atomic E-state index is 0.0187. The molecule has 0 bridgehead atoms. The SMILES string of the molecule is COc1cccc(OC)c1-c1cc(C(=O)N[C@@H](CC(C)C)C(=O)C(=O)O)nn1-c1ccc(Cl)cc1. The minimum Gasteiger partial charge on any atom is -0.496 e. The van der Waals surface area contributed by atoms with Gasteiger partial charge in [0.15, 0.2) is 5.69 Å². The second kappa shape index (κ2) is 11.1. The molecule has 0 spiro atoms. The summed E-state index contributed by atoms with van der Waals surface area (Å²) in [6.45, 7) is 3.66. The molecule has 0 saturated heterocycles. The van der Waals surface area contributed by atoms with Crippen molar-refractivity contribution < 1.29 is 29.0 Å². The molecule has 3 aromatic rings. The Labute approximate surface area is 207 Å². The summed E-state index contributed by atoms with van der Waals surface area (Å²) in [5.41, 5.74) is 1.63. The Hall–Kier alpha value is -3.85. The third-order valence-electron chi connectivity index (χ3n) is 5.24. The number of nitrogens with one attached hydrogen (secondary N) is 1. The van der Waals surface area contributed by atoms with E-state index in [1.807, 2.05) is 13.8 Å². The number of carbonyl (C=O) groups is 3. The standard InChI is InChI=1S/C25H26ClN3O6/c1-14(2)12-17(23(30)25(32)33)27-24(31)18-13-19(22-20(34-3)6-5-7-21(22)35-4)29(28-18)16-10-8-15(26)9-11-16/h5-11,13-14,17H,12H2,1-4H3,(H,27,31)(H,32,33)/t17-/m0/s1. The van der Waals surface area contributed by atoms with Crippen LogP contribution in [-0.2, 0) is 9.59 Å². The topological polar surface area (TPSA) is 120 Å². The van der Waals surface area contributed by atoms with Gasteiger partial charge in [-0.1, -0.05) is 31.5 Å². The van der Waals surface area contributed by atoms with Crippen molar-refractivity contribution in [1.82, 2.24) is 15.1 Å². The Morgan fingerprint density at radius 2 is 1.66 bits per heavy atom. The largest absolute Gasteiger partial charge is 0.496 e. The molecule has 1 heterocycles. The van der Waals surface area contributed by atoms with Gasteiger partial charge >= 0.3 is 5.97 Å². The number of aliphatic carboxylic acids is 1. The molecular formula is C25H26ClN3O6. The molecule has 0 saturated carbocycles. The maximum atomic E-state index is 13.1. The number of carboxylic acid groups (broad SMARTS) is 1. The van der Waals surface area contributed by atoms with Crippen LogP contribution in [-0.4, -0.2) is 52.8 Å². The number of benzene rings is 2. The summed E-state index contributed by atoms with van der Waals surface area (Å²) in [4.78, 5) is 36.6. The van der Waals surface area contributed by atoms with Gasteiger partial charge in [0.2, 0.25) is 0 Å². The molecule has 184 valence electrons. The van der Waals surface area contributed by atoms with Gasteiger partial charge in [-0.15, -0.1) is 0 Å². The third-order valence-corrected chi connectivity index (χ3v) is 5.49. The molecule has 0 aliphatic carbocycles. The van der Waals surface area contributed by atoms with Gasteiger partial charge in [0.25, 0.3) is 11.7 Å². The van der Waals surface area contributed by atoms with Crippen molar-refractivity contribution in [3.05, 3.63) is 59.2 Å². The molecule has 1 aromatic heterocycles. The van der Waals surface area contributed by atoms with Crippen molar-refractivity contribution >= 4 is 29.3 Å². The second-order valence-electron chi connectivity index (χ2n) is 8.17. The van der Waals surface area contributed by atoms with Crippen LogP contribution in [0.3, 0.4) is 0 Å². The molecule has 35 heavy (non-hydrogen) atoms. The van der Waals surface area contributed by atoms with Gasteiger partial charge in [-0.3, -0.25) is 9.59 Å². The molecule has 9 nitrogen and oxygen atoms in total. The van der Waals surface area contributed by atoms with Crippen LogP contribution < -0.4 is 14.8 Å². The number of amides is 1. The van der Waals surface area contributed by atoms with E-state index < -0.39 is 23.7 Å². The molecule has 2 N–H and O–H groups in total. The number of methoxy groups -OCH3 is 2. The lowest BCUT2D eigenvalue weighted by molar-refractivity contribution is -0.150. The van der Waals surface area contributed by atoms with Gasteiger partial charge in [0, 0.05) is 5.02 Å². The lowest BCUT2D eigenvalue weighted by atomic mass is 10.00. The van der Waals surface area contributed by atoms with Crippen molar-refractivity contribution in [2.24, 2.45) is 5.92 Å². The lowest BCUT2D eigenvalue weighted by Gasteiger charge is -2.16.